The van der Waals surface area contributed by atoms with Crippen LogP contribution in [0.15, 0.2) is 28.2 Å². The Labute approximate surface area is 112 Å². The second kappa shape index (κ2) is 6.56. The van der Waals surface area contributed by atoms with Crippen LogP contribution in [0.25, 0.3) is 0 Å². The van der Waals surface area contributed by atoms with Gasteiger partial charge in [0.2, 0.25) is 0 Å². The van der Waals surface area contributed by atoms with Crippen molar-refractivity contribution in [2.75, 3.05) is 18.5 Å². The van der Waals surface area contributed by atoms with Crippen LogP contribution in [-0.2, 0) is 13.1 Å². The highest BCUT2D eigenvalue weighted by molar-refractivity contribution is 7.13. The van der Waals surface area contributed by atoms with Gasteiger partial charge in [-0.2, -0.15) is 0 Å². The molecule has 1 N–H and O–H groups in total. The van der Waals surface area contributed by atoms with Crippen LogP contribution in [0.2, 0.25) is 0 Å². The highest BCUT2D eigenvalue weighted by atomic mass is 32.1. The van der Waals surface area contributed by atoms with E-state index in [4.69, 9.17) is 4.42 Å². The number of rotatable bonds is 7. The average molecular weight is 265 g/mol. The maximum Gasteiger partial charge on any atom is 0.185 e. The van der Waals surface area contributed by atoms with Crippen molar-refractivity contribution in [2.24, 2.45) is 0 Å². The predicted molar refractivity (Wildman–Crippen MR) is 74.9 cm³/mol. The van der Waals surface area contributed by atoms with Gasteiger partial charge in [0, 0.05) is 19.0 Å². The van der Waals surface area contributed by atoms with Gasteiger partial charge in [-0.15, -0.1) is 11.3 Å². The number of hydrogen-bond donors (Lipinski definition) is 1. The summed E-state index contributed by atoms with van der Waals surface area (Å²) in [6.45, 7) is 4.80. The fraction of sp³-hybridized carbons (Fsp3) is 0.462. The van der Waals surface area contributed by atoms with E-state index in [9.17, 15) is 0 Å². The number of nitrogens with zero attached hydrogens (tertiary/aromatic N) is 2. The molecular weight excluding hydrogens is 246 g/mol. The Hall–Kier alpha value is -1.33. The molecule has 0 aromatic carbocycles. The quantitative estimate of drug-likeness (QED) is 0.782. The molecule has 0 bridgehead atoms. The summed E-state index contributed by atoms with van der Waals surface area (Å²) < 4.78 is 5.33. The summed E-state index contributed by atoms with van der Waals surface area (Å²) >= 11 is 1.67. The van der Waals surface area contributed by atoms with Crippen molar-refractivity contribution in [3.63, 3.8) is 0 Å². The Kier molecular flexibility index (Phi) is 4.78. The fourth-order valence-electron chi connectivity index (χ4n) is 1.65. The zero-order chi connectivity index (χ0) is 12.8. The van der Waals surface area contributed by atoms with Gasteiger partial charge in [0.25, 0.3) is 0 Å². The minimum Gasteiger partial charge on any atom is -0.467 e. The van der Waals surface area contributed by atoms with E-state index in [1.54, 1.807) is 17.6 Å². The van der Waals surface area contributed by atoms with Crippen molar-refractivity contribution in [2.45, 2.75) is 26.4 Å². The Morgan fingerprint density at radius 3 is 3.11 bits per heavy atom. The van der Waals surface area contributed by atoms with E-state index in [1.165, 1.54) is 0 Å². The lowest BCUT2D eigenvalue weighted by Crippen LogP contribution is -2.17. The highest BCUT2D eigenvalue weighted by Gasteiger charge is 2.08. The summed E-state index contributed by atoms with van der Waals surface area (Å²) in [5.74, 6) is 0.957. The molecule has 2 aromatic rings. The summed E-state index contributed by atoms with van der Waals surface area (Å²) in [7, 11) is 2.03. The van der Waals surface area contributed by atoms with Gasteiger partial charge in [-0.25, -0.2) is 4.98 Å². The first kappa shape index (κ1) is 13.1. The van der Waals surface area contributed by atoms with Gasteiger partial charge in [0.1, 0.15) is 5.76 Å². The monoisotopic (exact) mass is 265 g/mol. The van der Waals surface area contributed by atoms with E-state index < -0.39 is 0 Å². The minimum absolute atomic E-state index is 0.752. The highest BCUT2D eigenvalue weighted by Crippen LogP contribution is 2.21. The number of nitrogens with one attached hydrogen (secondary N) is 1. The van der Waals surface area contributed by atoms with Gasteiger partial charge < -0.3 is 14.6 Å². The largest absolute Gasteiger partial charge is 0.467 e. The number of anilines is 1. The van der Waals surface area contributed by atoms with Crippen LogP contribution in [0, 0.1) is 0 Å². The van der Waals surface area contributed by atoms with Crippen LogP contribution >= 0.6 is 11.3 Å². The molecule has 4 nitrogen and oxygen atoms in total. The van der Waals surface area contributed by atoms with E-state index >= 15 is 0 Å². The fourth-order valence-corrected chi connectivity index (χ4v) is 2.44. The van der Waals surface area contributed by atoms with Crippen molar-refractivity contribution in [3.05, 3.63) is 35.2 Å². The SMILES string of the molecule is CCCNCc1csc(N(C)Cc2ccco2)n1. The van der Waals surface area contributed by atoms with Crippen LogP contribution in [0.5, 0.6) is 0 Å². The molecule has 98 valence electrons. The summed E-state index contributed by atoms with van der Waals surface area (Å²) in [5.41, 5.74) is 1.11. The first-order valence-electron chi connectivity index (χ1n) is 6.18. The lowest BCUT2D eigenvalue weighted by atomic mass is 10.4. The van der Waals surface area contributed by atoms with Gasteiger partial charge in [-0.1, -0.05) is 6.92 Å². The molecule has 0 amide bonds. The summed E-state index contributed by atoms with van der Waals surface area (Å²) in [5, 5.41) is 6.49. The van der Waals surface area contributed by atoms with Crippen LogP contribution in [0.1, 0.15) is 24.8 Å². The average Bonchev–Trinajstić information content (AvgIpc) is 3.00. The minimum atomic E-state index is 0.752. The molecule has 0 saturated heterocycles. The first-order valence-corrected chi connectivity index (χ1v) is 7.06. The molecule has 5 heteroatoms. The molecule has 0 atom stereocenters. The van der Waals surface area contributed by atoms with Crippen molar-refractivity contribution in [1.29, 1.82) is 0 Å². The number of hydrogen-bond acceptors (Lipinski definition) is 5. The second-order valence-corrected chi connectivity index (χ2v) is 5.07. The molecule has 0 aliphatic carbocycles. The molecule has 0 aliphatic rings. The zero-order valence-electron chi connectivity index (χ0n) is 10.8. The molecule has 0 spiro atoms. The van der Waals surface area contributed by atoms with Gasteiger partial charge in [-0.05, 0) is 25.1 Å². The van der Waals surface area contributed by atoms with E-state index in [2.05, 4.69) is 27.5 Å². The van der Waals surface area contributed by atoms with Crippen molar-refractivity contribution < 1.29 is 4.42 Å². The topological polar surface area (TPSA) is 41.3 Å². The molecule has 2 heterocycles. The summed E-state index contributed by atoms with van der Waals surface area (Å²) in [6.07, 6.45) is 2.85. The molecular formula is C13H19N3OS. The second-order valence-electron chi connectivity index (χ2n) is 4.23. The first-order chi connectivity index (χ1) is 8.79. The standard InChI is InChI=1S/C13H19N3OS/c1-3-6-14-8-11-10-18-13(15-11)16(2)9-12-5-4-7-17-12/h4-5,7,10,14H,3,6,8-9H2,1-2H3. The summed E-state index contributed by atoms with van der Waals surface area (Å²) in [4.78, 5) is 6.71. The van der Waals surface area contributed by atoms with E-state index in [0.29, 0.717) is 0 Å². The normalized spacial score (nSPS) is 10.8. The number of thiazole rings is 1. The van der Waals surface area contributed by atoms with Gasteiger partial charge in [-0.3, -0.25) is 0 Å². The molecule has 18 heavy (non-hydrogen) atoms. The molecule has 2 rings (SSSR count). The van der Waals surface area contributed by atoms with Crippen LogP contribution in [0.4, 0.5) is 5.13 Å². The van der Waals surface area contributed by atoms with E-state index in [-0.39, 0.29) is 0 Å². The maximum atomic E-state index is 5.33. The number of furan rings is 1. The lowest BCUT2D eigenvalue weighted by molar-refractivity contribution is 0.507. The molecule has 0 unspecified atom stereocenters. The van der Waals surface area contributed by atoms with Gasteiger partial charge in [0.05, 0.1) is 18.5 Å². The predicted octanol–water partition coefficient (Wildman–Crippen LogP) is 2.87. The van der Waals surface area contributed by atoms with Gasteiger partial charge >= 0.3 is 0 Å². The van der Waals surface area contributed by atoms with E-state index in [0.717, 1.165) is 42.6 Å². The summed E-state index contributed by atoms with van der Waals surface area (Å²) in [6, 6.07) is 3.89. The van der Waals surface area contributed by atoms with Gasteiger partial charge in [0.15, 0.2) is 5.13 Å². The Bertz CT molecular complexity index is 453. The van der Waals surface area contributed by atoms with Crippen molar-refractivity contribution in [3.8, 4) is 0 Å². The van der Waals surface area contributed by atoms with Crippen molar-refractivity contribution in [1.82, 2.24) is 10.3 Å². The third-order valence-electron chi connectivity index (χ3n) is 2.57. The molecule has 2 aromatic heterocycles. The van der Waals surface area contributed by atoms with E-state index in [1.807, 2.05) is 19.2 Å². The smallest absolute Gasteiger partial charge is 0.185 e. The van der Waals surface area contributed by atoms with Crippen molar-refractivity contribution >= 4 is 16.5 Å². The van der Waals surface area contributed by atoms with Crippen LogP contribution in [0.3, 0.4) is 0 Å². The molecule has 0 saturated carbocycles. The van der Waals surface area contributed by atoms with Crippen LogP contribution in [-0.4, -0.2) is 18.6 Å². The molecule has 0 fully saturated rings. The molecule has 0 radical (unpaired) electrons. The van der Waals surface area contributed by atoms with Crippen LogP contribution < -0.4 is 10.2 Å². The maximum absolute atomic E-state index is 5.33. The zero-order valence-corrected chi connectivity index (χ0v) is 11.7. The third kappa shape index (κ3) is 3.58. The Morgan fingerprint density at radius 2 is 2.39 bits per heavy atom. The lowest BCUT2D eigenvalue weighted by Gasteiger charge is -2.13. The molecule has 0 aliphatic heterocycles. The Balaban J connectivity index is 1.88. The third-order valence-corrected chi connectivity index (χ3v) is 3.58. The number of aromatic nitrogens is 1. The Morgan fingerprint density at radius 1 is 1.50 bits per heavy atom.